The molecule has 0 aromatic carbocycles. The average Bonchev–Trinajstić information content (AvgIpc) is 2.33. The fourth-order valence-electron chi connectivity index (χ4n) is 1.04. The zero-order valence-electron chi connectivity index (χ0n) is 10.6. The van der Waals surface area contributed by atoms with Crippen LogP contribution in [0.3, 0.4) is 0 Å². The Morgan fingerprint density at radius 2 is 1.83 bits per heavy atom. The lowest BCUT2D eigenvalue weighted by Gasteiger charge is -2.18. The second kappa shape index (κ2) is 7.12. The highest BCUT2D eigenvalue weighted by Crippen LogP contribution is 2.03. The van der Waals surface area contributed by atoms with Crippen LogP contribution < -0.4 is 5.32 Å². The summed E-state index contributed by atoms with van der Waals surface area (Å²) in [5.74, 6) is 0.348. The number of nitrogens with zero attached hydrogens (tertiary/aromatic N) is 1. The molecule has 0 spiro atoms. The van der Waals surface area contributed by atoms with Crippen molar-refractivity contribution in [3.63, 3.8) is 0 Å². The lowest BCUT2D eigenvalue weighted by atomic mass is 10.1. The first kappa shape index (κ1) is 15.7. The van der Waals surface area contributed by atoms with Crippen LogP contribution in [0.5, 0.6) is 0 Å². The van der Waals surface area contributed by atoms with Gasteiger partial charge in [0.05, 0.1) is 6.54 Å². The predicted molar refractivity (Wildman–Crippen MR) is 65.6 cm³/mol. The molecular formula is C12H16N2O4. The molecule has 0 unspecified atom stereocenters. The number of carbonyl (C=O) groups excluding carboxylic acids is 2. The first-order valence-electron chi connectivity index (χ1n) is 5.29. The molecule has 0 saturated heterocycles. The summed E-state index contributed by atoms with van der Waals surface area (Å²) < 4.78 is 0. The van der Waals surface area contributed by atoms with Gasteiger partial charge in [-0.25, -0.2) is 9.59 Å². The molecule has 0 saturated carbocycles. The smallest absolute Gasteiger partial charge is 0.331 e. The van der Waals surface area contributed by atoms with Gasteiger partial charge in [-0.1, -0.05) is 5.92 Å². The molecule has 0 rings (SSSR count). The number of aliphatic carboxylic acids is 1. The molecule has 18 heavy (non-hydrogen) atoms. The number of terminal acetylenes is 1. The maximum atomic E-state index is 11.6. The summed E-state index contributed by atoms with van der Waals surface area (Å²) in [7, 11) is 0. The van der Waals surface area contributed by atoms with Crippen molar-refractivity contribution < 1.29 is 19.5 Å². The van der Waals surface area contributed by atoms with Crippen molar-refractivity contribution in [3.8, 4) is 12.3 Å². The Balaban J connectivity index is 4.78. The normalized spacial score (nSPS) is 11.0. The number of carboxylic acids is 1. The summed E-state index contributed by atoms with van der Waals surface area (Å²) in [5, 5.41) is 10.8. The van der Waals surface area contributed by atoms with Gasteiger partial charge >= 0.3 is 12.0 Å². The van der Waals surface area contributed by atoms with Gasteiger partial charge in [-0.3, -0.25) is 10.1 Å². The summed E-state index contributed by atoms with van der Waals surface area (Å²) in [6.07, 6.45) is 5.08. The van der Waals surface area contributed by atoms with Crippen LogP contribution in [0.4, 0.5) is 4.79 Å². The Bertz CT molecular complexity index is 432. The lowest BCUT2D eigenvalue weighted by molar-refractivity contribution is -0.133. The highest BCUT2D eigenvalue weighted by molar-refractivity contribution is 6.07. The standard InChI is InChI=1S/C12H16N2O4/c1-5-7-14(6-2)12(18)13-10(15)8(3)9(4)11(16)17/h1H,6-7H2,2-4H3,(H,16,17)(H,13,15,18). The molecular weight excluding hydrogens is 236 g/mol. The first-order valence-corrected chi connectivity index (χ1v) is 5.29. The zero-order chi connectivity index (χ0) is 14.3. The van der Waals surface area contributed by atoms with E-state index >= 15 is 0 Å². The van der Waals surface area contributed by atoms with Crippen LogP contribution >= 0.6 is 0 Å². The van der Waals surface area contributed by atoms with Gasteiger partial charge in [0.2, 0.25) is 0 Å². The van der Waals surface area contributed by atoms with Crippen molar-refractivity contribution in [2.45, 2.75) is 20.8 Å². The largest absolute Gasteiger partial charge is 0.478 e. The molecule has 0 aliphatic heterocycles. The molecule has 0 radical (unpaired) electrons. The Morgan fingerprint density at radius 3 is 2.22 bits per heavy atom. The number of imide groups is 1. The molecule has 0 heterocycles. The van der Waals surface area contributed by atoms with Crippen LogP contribution in [-0.4, -0.2) is 41.0 Å². The van der Waals surface area contributed by atoms with Crippen LogP contribution in [0.25, 0.3) is 0 Å². The number of hydrogen-bond acceptors (Lipinski definition) is 3. The van der Waals surface area contributed by atoms with Crippen LogP contribution in [0, 0.1) is 12.3 Å². The zero-order valence-corrected chi connectivity index (χ0v) is 10.6. The van der Waals surface area contributed by atoms with Crippen LogP contribution in [0.15, 0.2) is 11.1 Å². The van der Waals surface area contributed by atoms with Crippen molar-refractivity contribution in [3.05, 3.63) is 11.1 Å². The molecule has 6 nitrogen and oxygen atoms in total. The van der Waals surface area contributed by atoms with E-state index in [2.05, 4.69) is 11.2 Å². The SMILES string of the molecule is C#CCN(CC)C(=O)NC(=O)C(C)=C(C)C(=O)O. The van der Waals surface area contributed by atoms with Crippen molar-refractivity contribution in [2.75, 3.05) is 13.1 Å². The summed E-state index contributed by atoms with van der Waals surface area (Å²) in [6.45, 7) is 4.77. The topological polar surface area (TPSA) is 86.7 Å². The summed E-state index contributed by atoms with van der Waals surface area (Å²) in [5.41, 5.74) is -0.132. The molecule has 0 aliphatic rings. The minimum Gasteiger partial charge on any atom is -0.478 e. The average molecular weight is 252 g/mol. The van der Waals surface area contributed by atoms with Crippen molar-refractivity contribution in [1.82, 2.24) is 10.2 Å². The van der Waals surface area contributed by atoms with E-state index in [4.69, 9.17) is 11.5 Å². The Hall–Kier alpha value is -2.29. The second-order valence-corrected chi connectivity index (χ2v) is 3.53. The number of nitrogens with one attached hydrogen (secondary N) is 1. The second-order valence-electron chi connectivity index (χ2n) is 3.53. The van der Waals surface area contributed by atoms with E-state index in [0.717, 1.165) is 0 Å². The van der Waals surface area contributed by atoms with Crippen LogP contribution in [-0.2, 0) is 9.59 Å². The maximum Gasteiger partial charge on any atom is 0.331 e. The van der Waals surface area contributed by atoms with Crippen LogP contribution in [0.1, 0.15) is 20.8 Å². The van der Waals surface area contributed by atoms with Gasteiger partial charge in [-0.05, 0) is 20.8 Å². The molecule has 0 aliphatic carbocycles. The number of hydrogen-bond donors (Lipinski definition) is 2. The third kappa shape index (κ3) is 4.29. The van der Waals surface area contributed by atoms with Gasteiger partial charge in [-0.15, -0.1) is 6.42 Å². The van der Waals surface area contributed by atoms with Gasteiger partial charge in [-0.2, -0.15) is 0 Å². The first-order chi connectivity index (χ1) is 8.34. The molecule has 6 heteroatoms. The molecule has 0 fully saturated rings. The third-order valence-electron chi connectivity index (χ3n) is 2.40. The molecule has 0 bridgehead atoms. The number of carbonyl (C=O) groups is 3. The molecule has 0 atom stereocenters. The fraction of sp³-hybridized carbons (Fsp3) is 0.417. The van der Waals surface area contributed by atoms with E-state index in [1.165, 1.54) is 18.7 Å². The van der Waals surface area contributed by atoms with E-state index in [0.29, 0.717) is 6.54 Å². The summed E-state index contributed by atoms with van der Waals surface area (Å²) in [4.78, 5) is 35.1. The Kier molecular flexibility index (Phi) is 6.21. The summed E-state index contributed by atoms with van der Waals surface area (Å²) >= 11 is 0. The van der Waals surface area contributed by atoms with Gasteiger partial charge in [0.1, 0.15) is 0 Å². The molecule has 0 aromatic rings. The number of rotatable bonds is 4. The lowest BCUT2D eigenvalue weighted by Crippen LogP contribution is -2.43. The highest BCUT2D eigenvalue weighted by atomic mass is 16.4. The van der Waals surface area contributed by atoms with E-state index in [1.54, 1.807) is 6.92 Å². The highest BCUT2D eigenvalue weighted by Gasteiger charge is 2.17. The fourth-order valence-corrected chi connectivity index (χ4v) is 1.04. The van der Waals surface area contributed by atoms with Gasteiger partial charge in [0.25, 0.3) is 5.91 Å². The minimum atomic E-state index is -1.20. The van der Waals surface area contributed by atoms with E-state index in [9.17, 15) is 14.4 Å². The molecule has 98 valence electrons. The van der Waals surface area contributed by atoms with Crippen LogP contribution in [0.2, 0.25) is 0 Å². The Labute approximate surface area is 106 Å². The number of amides is 3. The maximum absolute atomic E-state index is 11.6. The van der Waals surface area contributed by atoms with Gasteiger partial charge in [0.15, 0.2) is 0 Å². The van der Waals surface area contributed by atoms with Crippen molar-refractivity contribution in [1.29, 1.82) is 0 Å². The number of urea groups is 1. The Morgan fingerprint density at radius 1 is 1.28 bits per heavy atom. The number of carboxylic acid groups (broad SMARTS) is 1. The predicted octanol–water partition coefficient (Wildman–Crippen LogP) is 0.599. The third-order valence-corrected chi connectivity index (χ3v) is 2.40. The quantitative estimate of drug-likeness (QED) is 0.566. The molecule has 2 N–H and O–H groups in total. The molecule has 0 aromatic heterocycles. The minimum absolute atomic E-state index is 0.0207. The van der Waals surface area contributed by atoms with Gasteiger partial charge < -0.3 is 10.0 Å². The van der Waals surface area contributed by atoms with E-state index in [1.807, 2.05) is 0 Å². The monoisotopic (exact) mass is 252 g/mol. The van der Waals surface area contributed by atoms with Crippen molar-refractivity contribution in [2.24, 2.45) is 0 Å². The molecule has 3 amide bonds. The summed E-state index contributed by atoms with van der Waals surface area (Å²) in [6, 6.07) is -0.641. The van der Waals surface area contributed by atoms with E-state index < -0.39 is 17.9 Å². The van der Waals surface area contributed by atoms with E-state index in [-0.39, 0.29) is 17.7 Å². The van der Waals surface area contributed by atoms with Gasteiger partial charge in [0, 0.05) is 17.7 Å². The van der Waals surface area contributed by atoms with Crippen molar-refractivity contribution >= 4 is 17.9 Å².